The second-order valence-electron chi connectivity index (χ2n) is 14.5. The maximum atomic E-state index is 6.67. The van der Waals surface area contributed by atoms with Crippen LogP contribution in [0.1, 0.15) is 22.3 Å². The summed E-state index contributed by atoms with van der Waals surface area (Å²) in [6.45, 7) is 0. The lowest BCUT2D eigenvalue weighted by Gasteiger charge is -2.39. The number of benzene rings is 8. The molecule has 3 heteroatoms. The van der Waals surface area contributed by atoms with Crippen molar-refractivity contribution in [1.29, 1.82) is 0 Å². The molecule has 262 valence electrons. The summed E-state index contributed by atoms with van der Waals surface area (Å²) in [6.07, 6.45) is 0. The van der Waals surface area contributed by atoms with Gasteiger partial charge in [-0.1, -0.05) is 176 Å². The fourth-order valence-corrected chi connectivity index (χ4v) is 8.89. The molecule has 1 aliphatic carbocycles. The Morgan fingerprint density at radius 3 is 1.38 bits per heavy atom. The molecule has 9 aromatic rings. The summed E-state index contributed by atoms with van der Waals surface area (Å²) in [6, 6.07) is 73.0. The van der Waals surface area contributed by atoms with Crippen LogP contribution in [0.5, 0.6) is 11.5 Å². The van der Waals surface area contributed by atoms with Gasteiger partial charge < -0.3 is 4.74 Å². The monoisotopic (exact) mass is 714 g/mol. The lowest BCUT2D eigenvalue weighted by molar-refractivity contribution is 0.436. The Morgan fingerprint density at radius 1 is 0.321 bits per heavy atom. The van der Waals surface area contributed by atoms with Crippen LogP contribution in [0.3, 0.4) is 0 Å². The molecule has 0 saturated carbocycles. The van der Waals surface area contributed by atoms with E-state index in [-0.39, 0.29) is 0 Å². The molecule has 0 N–H and O–H groups in total. The van der Waals surface area contributed by atoms with Gasteiger partial charge in [0.15, 0.2) is 5.82 Å². The summed E-state index contributed by atoms with van der Waals surface area (Å²) >= 11 is 0. The molecular weight excluding hydrogens is 681 g/mol. The first-order chi connectivity index (χ1) is 27.8. The predicted octanol–water partition coefficient (Wildman–Crippen LogP) is 13.3. The molecule has 2 heterocycles. The van der Waals surface area contributed by atoms with Crippen LogP contribution in [-0.2, 0) is 5.41 Å². The van der Waals surface area contributed by atoms with Crippen LogP contribution in [0.25, 0.3) is 67.3 Å². The summed E-state index contributed by atoms with van der Waals surface area (Å²) in [7, 11) is 0. The Hall–Kier alpha value is -7.36. The van der Waals surface area contributed by atoms with Crippen molar-refractivity contribution in [2.24, 2.45) is 0 Å². The van der Waals surface area contributed by atoms with Crippen LogP contribution < -0.4 is 4.74 Å². The van der Waals surface area contributed by atoms with E-state index in [1.807, 2.05) is 6.07 Å². The number of nitrogens with zero attached hydrogens (tertiary/aromatic N) is 2. The van der Waals surface area contributed by atoms with Crippen LogP contribution in [0, 0.1) is 0 Å². The van der Waals surface area contributed by atoms with E-state index in [1.54, 1.807) is 0 Å². The van der Waals surface area contributed by atoms with Gasteiger partial charge in [-0.25, -0.2) is 9.97 Å². The van der Waals surface area contributed by atoms with Gasteiger partial charge in [0.2, 0.25) is 0 Å². The van der Waals surface area contributed by atoms with Crippen LogP contribution in [0.15, 0.2) is 206 Å². The maximum absolute atomic E-state index is 6.67. The number of ether oxygens (including phenoxy) is 1. The molecule has 0 saturated heterocycles. The minimum Gasteiger partial charge on any atom is -0.457 e. The van der Waals surface area contributed by atoms with Gasteiger partial charge >= 0.3 is 0 Å². The maximum Gasteiger partial charge on any atom is 0.161 e. The Balaban J connectivity index is 1.22. The molecule has 0 atom stereocenters. The molecule has 1 spiro atoms. The van der Waals surface area contributed by atoms with Gasteiger partial charge in [-0.15, -0.1) is 0 Å². The van der Waals surface area contributed by atoms with Crippen molar-refractivity contribution in [3.63, 3.8) is 0 Å². The van der Waals surface area contributed by atoms with Crippen molar-refractivity contribution in [3.8, 4) is 78.8 Å². The molecule has 2 aliphatic rings. The molecule has 8 aromatic carbocycles. The molecule has 3 nitrogen and oxygen atoms in total. The third-order valence-electron chi connectivity index (χ3n) is 11.4. The number of rotatable bonds is 5. The first-order valence-corrected chi connectivity index (χ1v) is 19.1. The predicted molar refractivity (Wildman–Crippen MR) is 227 cm³/mol. The van der Waals surface area contributed by atoms with Gasteiger partial charge in [0.05, 0.1) is 16.8 Å². The Labute approximate surface area is 326 Å². The lowest BCUT2D eigenvalue weighted by atomic mass is 9.65. The Kier molecular flexibility index (Phi) is 7.39. The minimum absolute atomic E-state index is 0.635. The van der Waals surface area contributed by atoms with E-state index in [4.69, 9.17) is 14.7 Å². The lowest BCUT2D eigenvalue weighted by Crippen LogP contribution is -2.32. The molecule has 0 amide bonds. The zero-order chi connectivity index (χ0) is 37.1. The van der Waals surface area contributed by atoms with Crippen LogP contribution in [0.4, 0.5) is 0 Å². The second-order valence-corrected chi connectivity index (χ2v) is 14.5. The minimum atomic E-state index is -0.635. The molecule has 0 unspecified atom stereocenters. The highest BCUT2D eigenvalue weighted by Crippen LogP contribution is 2.63. The van der Waals surface area contributed by atoms with Gasteiger partial charge in [0.1, 0.15) is 11.5 Å². The van der Waals surface area contributed by atoms with Gasteiger partial charge in [0, 0.05) is 27.8 Å². The van der Waals surface area contributed by atoms with E-state index < -0.39 is 5.41 Å². The van der Waals surface area contributed by atoms with Crippen molar-refractivity contribution in [2.45, 2.75) is 5.41 Å². The molecule has 0 bridgehead atoms. The summed E-state index contributed by atoms with van der Waals surface area (Å²) in [5.74, 6) is 2.41. The van der Waals surface area contributed by atoms with E-state index in [1.165, 1.54) is 27.8 Å². The summed E-state index contributed by atoms with van der Waals surface area (Å²) in [4.78, 5) is 10.9. The van der Waals surface area contributed by atoms with Crippen molar-refractivity contribution in [1.82, 2.24) is 9.97 Å². The largest absolute Gasteiger partial charge is 0.457 e. The highest BCUT2D eigenvalue weighted by atomic mass is 16.5. The zero-order valence-corrected chi connectivity index (χ0v) is 30.4. The molecule has 1 aliphatic heterocycles. The average Bonchev–Trinajstić information content (AvgIpc) is 3.57. The van der Waals surface area contributed by atoms with Crippen molar-refractivity contribution in [2.75, 3.05) is 0 Å². The number of hydrogen-bond acceptors (Lipinski definition) is 3. The number of para-hydroxylation sites is 2. The van der Waals surface area contributed by atoms with Crippen LogP contribution in [-0.4, -0.2) is 9.97 Å². The highest BCUT2D eigenvalue weighted by molar-refractivity contribution is 5.98. The molecule has 1 aromatic heterocycles. The average molecular weight is 715 g/mol. The quantitative estimate of drug-likeness (QED) is 0.178. The number of hydrogen-bond donors (Lipinski definition) is 0. The topological polar surface area (TPSA) is 35.0 Å². The molecule has 0 radical (unpaired) electrons. The molecular formula is C53H34N2O. The molecule has 56 heavy (non-hydrogen) atoms. The summed E-state index contributed by atoms with van der Waals surface area (Å²) in [5.41, 5.74) is 15.7. The highest BCUT2D eigenvalue weighted by Gasteiger charge is 2.52. The van der Waals surface area contributed by atoms with Crippen molar-refractivity contribution < 1.29 is 4.74 Å². The Morgan fingerprint density at radius 2 is 0.768 bits per heavy atom. The smallest absolute Gasteiger partial charge is 0.161 e. The van der Waals surface area contributed by atoms with E-state index >= 15 is 0 Å². The van der Waals surface area contributed by atoms with Gasteiger partial charge in [-0.05, 0) is 74.8 Å². The number of aromatic nitrogens is 2. The van der Waals surface area contributed by atoms with Crippen LogP contribution >= 0.6 is 0 Å². The SMILES string of the molecule is c1ccc(-c2ccc(-c3cc(-c4ccccc4)nc(-c4cc(-c5ccccc5)cc5c4-c4ccccc4C54c5ccccc5Oc5ccccc54)n3)cc2)cc1. The Bertz CT molecular complexity index is 2870. The first kappa shape index (κ1) is 32.1. The summed E-state index contributed by atoms with van der Waals surface area (Å²) < 4.78 is 6.67. The first-order valence-electron chi connectivity index (χ1n) is 19.1. The fourth-order valence-electron chi connectivity index (χ4n) is 8.89. The van der Waals surface area contributed by atoms with Gasteiger partial charge in [0.25, 0.3) is 0 Å². The van der Waals surface area contributed by atoms with Crippen molar-refractivity contribution in [3.05, 3.63) is 229 Å². The third-order valence-corrected chi connectivity index (χ3v) is 11.4. The van der Waals surface area contributed by atoms with Gasteiger partial charge in [-0.2, -0.15) is 0 Å². The van der Waals surface area contributed by atoms with E-state index in [9.17, 15) is 0 Å². The van der Waals surface area contributed by atoms with E-state index in [0.717, 1.165) is 67.4 Å². The fraction of sp³-hybridized carbons (Fsp3) is 0.0189. The third kappa shape index (κ3) is 4.98. The zero-order valence-electron chi connectivity index (χ0n) is 30.4. The molecule has 11 rings (SSSR count). The number of fused-ring (bicyclic) bond motifs is 9. The van der Waals surface area contributed by atoms with E-state index in [2.05, 4.69) is 200 Å². The van der Waals surface area contributed by atoms with Crippen molar-refractivity contribution >= 4 is 0 Å². The summed E-state index contributed by atoms with van der Waals surface area (Å²) in [5, 5.41) is 0. The molecule has 0 fully saturated rings. The second kappa shape index (κ2) is 12.9. The normalized spacial score (nSPS) is 12.9. The standard InChI is InChI=1S/C53H34N2O/c1-4-16-35(17-5-1)37-28-30-39(31-29-37)48-34-47(38-20-8-3-9-21-38)54-52(55-48)42-32-40(36-18-6-2-7-19-36)33-46-51(42)41-22-10-11-23-43(41)53(46)44-24-12-14-26-49(44)56-50-27-15-13-25-45(50)53/h1-34H. The van der Waals surface area contributed by atoms with E-state index in [0.29, 0.717) is 5.82 Å². The van der Waals surface area contributed by atoms with Crippen LogP contribution in [0.2, 0.25) is 0 Å². The van der Waals surface area contributed by atoms with Gasteiger partial charge in [-0.3, -0.25) is 0 Å².